The van der Waals surface area contributed by atoms with Gasteiger partial charge in [-0.3, -0.25) is 0 Å². The van der Waals surface area contributed by atoms with Gasteiger partial charge in [-0.15, -0.1) is 0 Å². The van der Waals surface area contributed by atoms with Gasteiger partial charge in [-0.25, -0.2) is 13.1 Å². The molecule has 1 fully saturated rings. The first-order valence-electron chi connectivity index (χ1n) is 6.82. The average Bonchev–Trinajstić information content (AvgIpc) is 2.90. The maximum absolute atomic E-state index is 12.2. The molecule has 4 nitrogen and oxygen atoms in total. The number of rotatable bonds is 5. The van der Waals surface area contributed by atoms with Gasteiger partial charge in [0, 0.05) is 13.1 Å². The molecule has 0 aliphatic heterocycles. The predicted octanol–water partition coefficient (Wildman–Crippen LogP) is 1.92. The van der Waals surface area contributed by atoms with Gasteiger partial charge >= 0.3 is 0 Å². The molecule has 0 aromatic heterocycles. The molecule has 1 aromatic carbocycles. The third-order valence-electron chi connectivity index (χ3n) is 3.89. The molecule has 106 valence electrons. The molecule has 0 spiro atoms. The molecule has 1 aliphatic rings. The average molecular weight is 282 g/mol. The van der Waals surface area contributed by atoms with Crippen molar-refractivity contribution in [2.75, 3.05) is 6.54 Å². The van der Waals surface area contributed by atoms with E-state index in [-0.39, 0.29) is 0 Å². The van der Waals surface area contributed by atoms with Crippen LogP contribution in [0.2, 0.25) is 0 Å². The fourth-order valence-corrected chi connectivity index (χ4v) is 3.73. The maximum Gasteiger partial charge on any atom is 0.240 e. The van der Waals surface area contributed by atoms with Crippen molar-refractivity contribution in [1.29, 1.82) is 0 Å². The monoisotopic (exact) mass is 282 g/mol. The predicted molar refractivity (Wildman–Crippen MR) is 76.2 cm³/mol. The Bertz CT molecular complexity index is 534. The number of nitrogens with one attached hydrogen (secondary N) is 1. The molecule has 0 saturated heterocycles. The number of nitrogens with two attached hydrogens (primary N) is 1. The van der Waals surface area contributed by atoms with Gasteiger partial charge < -0.3 is 5.73 Å². The summed E-state index contributed by atoms with van der Waals surface area (Å²) in [5.74, 6) is 0.495. The van der Waals surface area contributed by atoms with Crippen LogP contribution < -0.4 is 10.5 Å². The maximum atomic E-state index is 12.2. The molecule has 0 unspecified atom stereocenters. The third kappa shape index (κ3) is 3.55. The van der Waals surface area contributed by atoms with Crippen molar-refractivity contribution in [3.05, 3.63) is 29.3 Å². The molecule has 19 heavy (non-hydrogen) atoms. The van der Waals surface area contributed by atoms with Crippen LogP contribution in [0.1, 0.15) is 36.8 Å². The number of benzene rings is 1. The SMILES string of the molecule is Cc1ccc(S(=O)(=O)NCC2CCCC2)cc1CN. The van der Waals surface area contributed by atoms with Crippen LogP contribution in [0.25, 0.3) is 0 Å². The van der Waals surface area contributed by atoms with Gasteiger partial charge in [0.25, 0.3) is 0 Å². The molecule has 1 aromatic rings. The second-order valence-electron chi connectivity index (χ2n) is 5.29. The molecule has 5 heteroatoms. The van der Waals surface area contributed by atoms with Crippen LogP contribution in [-0.2, 0) is 16.6 Å². The lowest BCUT2D eigenvalue weighted by atomic mass is 10.1. The van der Waals surface area contributed by atoms with E-state index in [1.54, 1.807) is 12.1 Å². The number of hydrogen-bond donors (Lipinski definition) is 2. The minimum Gasteiger partial charge on any atom is -0.326 e. The summed E-state index contributed by atoms with van der Waals surface area (Å²) in [5.41, 5.74) is 7.52. The van der Waals surface area contributed by atoms with Gasteiger partial charge in [0.2, 0.25) is 10.0 Å². The Morgan fingerprint density at radius 3 is 2.63 bits per heavy atom. The topological polar surface area (TPSA) is 72.2 Å². The molecule has 0 heterocycles. The summed E-state index contributed by atoms with van der Waals surface area (Å²) in [6, 6.07) is 5.13. The summed E-state index contributed by atoms with van der Waals surface area (Å²) in [5, 5.41) is 0. The van der Waals surface area contributed by atoms with Crippen LogP contribution in [0.3, 0.4) is 0 Å². The highest BCUT2D eigenvalue weighted by molar-refractivity contribution is 7.89. The Morgan fingerprint density at radius 2 is 2.00 bits per heavy atom. The first-order chi connectivity index (χ1) is 9.03. The van der Waals surface area contributed by atoms with E-state index in [9.17, 15) is 8.42 Å². The lowest BCUT2D eigenvalue weighted by Gasteiger charge is -2.12. The van der Waals surface area contributed by atoms with Gasteiger partial charge in [0.05, 0.1) is 4.90 Å². The van der Waals surface area contributed by atoms with Gasteiger partial charge in [0.1, 0.15) is 0 Å². The van der Waals surface area contributed by atoms with Crippen LogP contribution in [0, 0.1) is 12.8 Å². The minimum absolute atomic E-state index is 0.316. The van der Waals surface area contributed by atoms with Crippen LogP contribution in [-0.4, -0.2) is 15.0 Å². The molecule has 1 aliphatic carbocycles. The lowest BCUT2D eigenvalue weighted by Crippen LogP contribution is -2.28. The van der Waals surface area contributed by atoms with E-state index in [1.165, 1.54) is 12.8 Å². The highest BCUT2D eigenvalue weighted by Gasteiger charge is 2.20. The van der Waals surface area contributed by atoms with Crippen molar-refractivity contribution >= 4 is 10.0 Å². The molecule has 0 bridgehead atoms. The highest BCUT2D eigenvalue weighted by atomic mass is 32.2. The first-order valence-corrected chi connectivity index (χ1v) is 8.30. The zero-order valence-corrected chi connectivity index (χ0v) is 12.2. The van der Waals surface area contributed by atoms with Crippen LogP contribution in [0.15, 0.2) is 23.1 Å². The Labute approximate surface area is 115 Å². The second kappa shape index (κ2) is 6.03. The molecule has 1 saturated carbocycles. The Hall–Kier alpha value is -0.910. The van der Waals surface area contributed by atoms with Crippen molar-refractivity contribution in [2.24, 2.45) is 11.7 Å². The van der Waals surface area contributed by atoms with Crippen molar-refractivity contribution in [1.82, 2.24) is 4.72 Å². The molecule has 0 radical (unpaired) electrons. The summed E-state index contributed by atoms with van der Waals surface area (Å²) in [4.78, 5) is 0.316. The summed E-state index contributed by atoms with van der Waals surface area (Å²) in [6.45, 7) is 2.84. The van der Waals surface area contributed by atoms with E-state index in [2.05, 4.69) is 4.72 Å². The first kappa shape index (κ1) is 14.5. The summed E-state index contributed by atoms with van der Waals surface area (Å²) >= 11 is 0. The summed E-state index contributed by atoms with van der Waals surface area (Å²) in [6.07, 6.45) is 4.69. The van der Waals surface area contributed by atoms with E-state index in [1.807, 2.05) is 13.0 Å². The van der Waals surface area contributed by atoms with E-state index >= 15 is 0 Å². The van der Waals surface area contributed by atoms with Crippen molar-refractivity contribution in [3.8, 4) is 0 Å². The summed E-state index contributed by atoms with van der Waals surface area (Å²) < 4.78 is 27.2. The smallest absolute Gasteiger partial charge is 0.240 e. The van der Waals surface area contributed by atoms with Crippen LogP contribution in [0.5, 0.6) is 0 Å². The number of hydrogen-bond acceptors (Lipinski definition) is 3. The molecule has 0 amide bonds. The van der Waals surface area contributed by atoms with Crippen LogP contribution in [0.4, 0.5) is 0 Å². The zero-order valence-electron chi connectivity index (χ0n) is 11.4. The number of sulfonamides is 1. The zero-order chi connectivity index (χ0) is 13.9. The molecular weight excluding hydrogens is 260 g/mol. The molecular formula is C14H22N2O2S. The van der Waals surface area contributed by atoms with Crippen molar-refractivity contribution < 1.29 is 8.42 Å². The largest absolute Gasteiger partial charge is 0.326 e. The fraction of sp³-hybridized carbons (Fsp3) is 0.571. The third-order valence-corrected chi connectivity index (χ3v) is 5.31. The fourth-order valence-electron chi connectivity index (χ4n) is 2.56. The van der Waals surface area contributed by atoms with Gasteiger partial charge in [-0.2, -0.15) is 0 Å². The molecule has 0 atom stereocenters. The number of aryl methyl sites for hydroxylation is 1. The molecule has 3 N–H and O–H groups in total. The van der Waals surface area contributed by atoms with Gasteiger partial charge in [0.15, 0.2) is 0 Å². The van der Waals surface area contributed by atoms with Crippen molar-refractivity contribution in [3.63, 3.8) is 0 Å². The van der Waals surface area contributed by atoms with E-state index in [0.29, 0.717) is 23.9 Å². The Balaban J connectivity index is 2.10. The van der Waals surface area contributed by atoms with E-state index in [0.717, 1.165) is 24.0 Å². The van der Waals surface area contributed by atoms with Crippen LogP contribution >= 0.6 is 0 Å². The van der Waals surface area contributed by atoms with E-state index < -0.39 is 10.0 Å². The van der Waals surface area contributed by atoms with Crippen molar-refractivity contribution in [2.45, 2.75) is 44.0 Å². The second-order valence-corrected chi connectivity index (χ2v) is 7.06. The Morgan fingerprint density at radius 1 is 1.32 bits per heavy atom. The van der Waals surface area contributed by atoms with Gasteiger partial charge in [-0.1, -0.05) is 18.9 Å². The lowest BCUT2D eigenvalue weighted by molar-refractivity contribution is 0.519. The minimum atomic E-state index is -3.40. The molecule has 2 rings (SSSR count). The van der Waals surface area contributed by atoms with Gasteiger partial charge in [-0.05, 0) is 48.9 Å². The standard InChI is InChI=1S/C14H22N2O2S/c1-11-6-7-14(8-13(11)9-15)19(17,18)16-10-12-4-2-3-5-12/h6-8,12,16H,2-5,9-10,15H2,1H3. The highest BCUT2D eigenvalue weighted by Crippen LogP contribution is 2.24. The normalized spacial score (nSPS) is 16.9. The Kier molecular flexibility index (Phi) is 4.60. The van der Waals surface area contributed by atoms with E-state index in [4.69, 9.17) is 5.73 Å². The quantitative estimate of drug-likeness (QED) is 0.866. The summed E-state index contributed by atoms with van der Waals surface area (Å²) in [7, 11) is -3.40.